The third kappa shape index (κ3) is 3.09. The minimum Gasteiger partial charge on any atom is -0.497 e. The molecule has 0 spiro atoms. The van der Waals surface area contributed by atoms with Crippen LogP contribution in [-0.2, 0) is 12.8 Å². The van der Waals surface area contributed by atoms with Gasteiger partial charge in [-0.15, -0.1) is 5.10 Å². The summed E-state index contributed by atoms with van der Waals surface area (Å²) in [7, 11) is 1.70. The van der Waals surface area contributed by atoms with Crippen molar-refractivity contribution in [1.82, 2.24) is 10.2 Å². The van der Waals surface area contributed by atoms with E-state index in [2.05, 4.69) is 46.3 Å². The third-order valence-electron chi connectivity index (χ3n) is 4.79. The Labute approximate surface area is 147 Å². The molecule has 25 heavy (non-hydrogen) atoms. The van der Waals surface area contributed by atoms with E-state index in [9.17, 15) is 0 Å². The summed E-state index contributed by atoms with van der Waals surface area (Å²) in [5.41, 5.74) is 3.78. The van der Waals surface area contributed by atoms with Crippen molar-refractivity contribution in [2.75, 3.05) is 18.6 Å². The Morgan fingerprint density at radius 2 is 2.00 bits per heavy atom. The van der Waals surface area contributed by atoms with Gasteiger partial charge in [0.05, 0.1) is 19.6 Å². The molecule has 3 aromatic rings. The number of hydrogen-bond acceptors (Lipinski definition) is 5. The molecule has 1 aromatic heterocycles. The minimum absolute atomic E-state index is 0.194. The molecule has 2 aromatic carbocycles. The maximum absolute atomic E-state index is 5.94. The predicted octanol–water partition coefficient (Wildman–Crippen LogP) is 3.79. The summed E-state index contributed by atoms with van der Waals surface area (Å²) in [5.74, 6) is 1.55. The largest absolute Gasteiger partial charge is 0.497 e. The van der Waals surface area contributed by atoms with E-state index in [1.165, 1.54) is 16.7 Å². The Hall–Kier alpha value is -2.82. The maximum atomic E-state index is 5.94. The number of ether oxygens (including phenoxy) is 1. The zero-order valence-corrected chi connectivity index (χ0v) is 14.5. The molecule has 0 bridgehead atoms. The first kappa shape index (κ1) is 15.7. The molecule has 0 fully saturated rings. The molecule has 128 valence electrons. The van der Waals surface area contributed by atoms with E-state index in [0.29, 0.717) is 18.3 Å². The van der Waals surface area contributed by atoms with Gasteiger partial charge in [-0.1, -0.05) is 41.5 Å². The molecule has 2 heterocycles. The Balaban J connectivity index is 1.54. The number of methoxy groups -OCH3 is 1. The van der Waals surface area contributed by atoms with Gasteiger partial charge in [-0.2, -0.15) is 0 Å². The molecule has 4 rings (SSSR count). The molecular weight excluding hydrogens is 314 g/mol. The average Bonchev–Trinajstić information content (AvgIpc) is 3.10. The number of aromatic nitrogens is 2. The van der Waals surface area contributed by atoms with E-state index in [0.717, 1.165) is 18.7 Å². The van der Waals surface area contributed by atoms with E-state index in [1.807, 2.05) is 24.3 Å². The highest BCUT2D eigenvalue weighted by atomic mass is 16.5. The van der Waals surface area contributed by atoms with Crippen LogP contribution in [-0.4, -0.2) is 23.9 Å². The highest BCUT2D eigenvalue weighted by Crippen LogP contribution is 2.34. The first-order valence-corrected chi connectivity index (χ1v) is 8.54. The second-order valence-electron chi connectivity index (χ2n) is 6.32. The lowest BCUT2D eigenvalue weighted by Gasteiger charge is -2.33. The summed E-state index contributed by atoms with van der Waals surface area (Å²) in [6, 6.07) is 17.2. The molecule has 1 aliphatic heterocycles. The van der Waals surface area contributed by atoms with Gasteiger partial charge in [0.25, 0.3) is 0 Å². The van der Waals surface area contributed by atoms with Gasteiger partial charge in [0.15, 0.2) is 0 Å². The molecule has 0 saturated carbocycles. The van der Waals surface area contributed by atoms with Crippen LogP contribution < -0.4 is 9.64 Å². The first-order chi connectivity index (χ1) is 12.2. The number of fused-ring (bicyclic) bond motifs is 1. The smallest absolute Gasteiger partial charge is 0.318 e. The van der Waals surface area contributed by atoms with Crippen molar-refractivity contribution in [3.63, 3.8) is 0 Å². The van der Waals surface area contributed by atoms with Crippen LogP contribution in [0.15, 0.2) is 52.9 Å². The molecule has 0 N–H and O–H groups in total. The SMILES string of the molecule is COc1ccc2c(c1)CCN(c1nnc(Cc3ccccc3)o1)C2C. The van der Waals surface area contributed by atoms with Crippen molar-refractivity contribution in [2.45, 2.75) is 25.8 Å². The summed E-state index contributed by atoms with van der Waals surface area (Å²) in [6.07, 6.45) is 1.59. The van der Waals surface area contributed by atoms with Crippen LogP contribution in [0.2, 0.25) is 0 Å². The van der Waals surface area contributed by atoms with Crippen molar-refractivity contribution in [2.24, 2.45) is 0 Å². The summed E-state index contributed by atoms with van der Waals surface area (Å²) >= 11 is 0. The molecule has 1 atom stereocenters. The molecule has 1 aliphatic rings. The van der Waals surface area contributed by atoms with E-state index in [1.54, 1.807) is 7.11 Å². The van der Waals surface area contributed by atoms with Gasteiger partial charge in [-0.3, -0.25) is 0 Å². The quantitative estimate of drug-likeness (QED) is 0.726. The van der Waals surface area contributed by atoms with Crippen LogP contribution in [0.4, 0.5) is 6.01 Å². The van der Waals surface area contributed by atoms with E-state index >= 15 is 0 Å². The van der Waals surface area contributed by atoms with Gasteiger partial charge >= 0.3 is 6.01 Å². The summed E-state index contributed by atoms with van der Waals surface area (Å²) in [5, 5.41) is 8.50. The van der Waals surface area contributed by atoms with Crippen LogP contribution >= 0.6 is 0 Å². The van der Waals surface area contributed by atoms with Gasteiger partial charge < -0.3 is 14.1 Å². The third-order valence-corrected chi connectivity index (χ3v) is 4.79. The fraction of sp³-hybridized carbons (Fsp3) is 0.300. The van der Waals surface area contributed by atoms with Gasteiger partial charge in [0.1, 0.15) is 5.75 Å². The van der Waals surface area contributed by atoms with Gasteiger partial charge in [-0.25, -0.2) is 0 Å². The summed E-state index contributed by atoms with van der Waals surface area (Å²) in [4.78, 5) is 2.18. The molecule has 0 amide bonds. The lowest BCUT2D eigenvalue weighted by Crippen LogP contribution is -2.34. The lowest BCUT2D eigenvalue weighted by molar-refractivity contribution is 0.413. The highest BCUT2D eigenvalue weighted by Gasteiger charge is 2.27. The van der Waals surface area contributed by atoms with Gasteiger partial charge in [0, 0.05) is 6.54 Å². The fourth-order valence-electron chi connectivity index (χ4n) is 3.40. The number of rotatable bonds is 4. The number of hydrogen-bond donors (Lipinski definition) is 0. The molecule has 5 heteroatoms. The van der Waals surface area contributed by atoms with E-state index < -0.39 is 0 Å². The standard InChI is InChI=1S/C20H21N3O2/c1-14-18-9-8-17(24-2)13-16(18)10-11-23(14)20-22-21-19(25-20)12-15-6-4-3-5-7-15/h3-9,13-14H,10-12H2,1-2H3. The Kier molecular flexibility index (Phi) is 4.14. The van der Waals surface area contributed by atoms with Crippen molar-refractivity contribution in [3.05, 3.63) is 71.1 Å². The van der Waals surface area contributed by atoms with Crippen LogP contribution in [0.25, 0.3) is 0 Å². The van der Waals surface area contributed by atoms with Crippen molar-refractivity contribution in [3.8, 4) is 5.75 Å². The van der Waals surface area contributed by atoms with Crippen LogP contribution in [0.1, 0.15) is 35.5 Å². The van der Waals surface area contributed by atoms with Crippen molar-refractivity contribution >= 4 is 6.01 Å². The minimum atomic E-state index is 0.194. The Bertz CT molecular complexity index is 860. The summed E-state index contributed by atoms with van der Waals surface area (Å²) < 4.78 is 11.3. The van der Waals surface area contributed by atoms with E-state index in [-0.39, 0.29) is 6.04 Å². The maximum Gasteiger partial charge on any atom is 0.318 e. The van der Waals surface area contributed by atoms with Crippen LogP contribution in [0.5, 0.6) is 5.75 Å². The molecule has 1 unspecified atom stereocenters. The molecule has 0 aliphatic carbocycles. The fourth-order valence-corrected chi connectivity index (χ4v) is 3.40. The molecular formula is C20H21N3O2. The van der Waals surface area contributed by atoms with E-state index in [4.69, 9.17) is 9.15 Å². The van der Waals surface area contributed by atoms with Gasteiger partial charge in [-0.05, 0) is 42.2 Å². The zero-order valence-electron chi connectivity index (χ0n) is 14.5. The Morgan fingerprint density at radius 1 is 1.16 bits per heavy atom. The molecule has 5 nitrogen and oxygen atoms in total. The number of anilines is 1. The normalized spacial score (nSPS) is 16.6. The monoisotopic (exact) mass is 335 g/mol. The van der Waals surface area contributed by atoms with Gasteiger partial charge in [0.2, 0.25) is 5.89 Å². The average molecular weight is 335 g/mol. The zero-order chi connectivity index (χ0) is 17.2. The topological polar surface area (TPSA) is 51.4 Å². The number of nitrogens with zero attached hydrogens (tertiary/aromatic N) is 3. The van der Waals surface area contributed by atoms with Crippen molar-refractivity contribution < 1.29 is 9.15 Å². The Morgan fingerprint density at radius 3 is 2.80 bits per heavy atom. The molecule has 0 radical (unpaired) electrons. The van der Waals surface area contributed by atoms with Crippen LogP contribution in [0, 0.1) is 0 Å². The summed E-state index contributed by atoms with van der Waals surface area (Å²) in [6.45, 7) is 3.03. The first-order valence-electron chi connectivity index (χ1n) is 8.54. The van der Waals surface area contributed by atoms with Crippen molar-refractivity contribution in [1.29, 1.82) is 0 Å². The lowest BCUT2D eigenvalue weighted by atomic mass is 9.93. The predicted molar refractivity (Wildman–Crippen MR) is 96.0 cm³/mol. The van der Waals surface area contributed by atoms with Crippen LogP contribution in [0.3, 0.4) is 0 Å². The second-order valence-corrected chi connectivity index (χ2v) is 6.32. The number of benzene rings is 2. The molecule has 0 saturated heterocycles. The highest BCUT2D eigenvalue weighted by molar-refractivity contribution is 5.45. The second kappa shape index (κ2) is 6.59.